The van der Waals surface area contributed by atoms with Crippen molar-refractivity contribution in [2.45, 2.75) is 6.42 Å². The van der Waals surface area contributed by atoms with Gasteiger partial charge in [0.15, 0.2) is 0 Å². The van der Waals surface area contributed by atoms with Crippen LogP contribution < -0.4 is 11.1 Å². The Labute approximate surface area is 116 Å². The van der Waals surface area contributed by atoms with E-state index in [1.165, 1.54) is 18.1 Å². The van der Waals surface area contributed by atoms with Crippen LogP contribution in [-0.2, 0) is 4.74 Å². The fraction of sp³-hybridized carbons (Fsp3) is 0.462. The number of hydrogen-bond donors (Lipinski definition) is 2. The Morgan fingerprint density at radius 1 is 1.40 bits per heavy atom. The van der Waals surface area contributed by atoms with Crippen molar-refractivity contribution < 1.29 is 18.3 Å². The first-order valence-corrected chi connectivity index (χ1v) is 6.28. The number of carbonyl (C=O) groups is 1. The van der Waals surface area contributed by atoms with E-state index in [2.05, 4.69) is 5.32 Å². The number of rotatable bonds is 7. The van der Waals surface area contributed by atoms with Crippen LogP contribution in [0.15, 0.2) is 18.2 Å². The lowest BCUT2D eigenvalue weighted by Gasteiger charge is -2.22. The van der Waals surface area contributed by atoms with E-state index in [1.807, 2.05) is 0 Å². The average molecular weight is 287 g/mol. The number of benzene rings is 1. The molecular weight excluding hydrogens is 268 g/mol. The van der Waals surface area contributed by atoms with E-state index in [1.54, 1.807) is 0 Å². The molecule has 0 aliphatic carbocycles. The third-order valence-corrected chi connectivity index (χ3v) is 2.66. The topological polar surface area (TPSA) is 67.6 Å². The standard InChI is InChI=1S/C13H19F2N3O2/c1-20-8-7-18(6-2-5-16)13(19)17-12-4-3-10(14)9-11(12)15/h3-4,9H,2,5-8,16H2,1H3,(H,17,19). The summed E-state index contributed by atoms with van der Waals surface area (Å²) in [4.78, 5) is 13.5. The lowest BCUT2D eigenvalue weighted by molar-refractivity contribution is 0.155. The molecule has 3 N–H and O–H groups in total. The van der Waals surface area contributed by atoms with Crippen molar-refractivity contribution in [3.8, 4) is 0 Å². The van der Waals surface area contributed by atoms with Crippen LogP contribution in [0.4, 0.5) is 19.3 Å². The minimum Gasteiger partial charge on any atom is -0.383 e. The van der Waals surface area contributed by atoms with Gasteiger partial charge in [-0.2, -0.15) is 0 Å². The summed E-state index contributed by atoms with van der Waals surface area (Å²) in [5.74, 6) is -1.51. The van der Waals surface area contributed by atoms with Crippen molar-refractivity contribution >= 4 is 11.7 Å². The summed E-state index contributed by atoms with van der Waals surface area (Å²) in [6, 6.07) is 2.51. The Morgan fingerprint density at radius 2 is 2.15 bits per heavy atom. The summed E-state index contributed by atoms with van der Waals surface area (Å²) >= 11 is 0. The number of nitrogens with one attached hydrogen (secondary N) is 1. The smallest absolute Gasteiger partial charge is 0.322 e. The molecule has 5 nitrogen and oxygen atoms in total. The van der Waals surface area contributed by atoms with Gasteiger partial charge in [0.1, 0.15) is 11.6 Å². The van der Waals surface area contributed by atoms with Crippen LogP contribution >= 0.6 is 0 Å². The fourth-order valence-electron chi connectivity index (χ4n) is 1.58. The second kappa shape index (κ2) is 8.44. The highest BCUT2D eigenvalue weighted by Gasteiger charge is 2.15. The highest BCUT2D eigenvalue weighted by molar-refractivity contribution is 5.89. The van der Waals surface area contributed by atoms with Crippen LogP contribution in [0.2, 0.25) is 0 Å². The van der Waals surface area contributed by atoms with Crippen molar-refractivity contribution in [1.29, 1.82) is 0 Å². The third-order valence-electron chi connectivity index (χ3n) is 2.66. The second-order valence-corrected chi connectivity index (χ2v) is 4.18. The van der Waals surface area contributed by atoms with Gasteiger partial charge >= 0.3 is 6.03 Å². The zero-order valence-electron chi connectivity index (χ0n) is 11.4. The molecule has 1 aromatic rings. The van der Waals surface area contributed by atoms with Crippen LogP contribution in [0.3, 0.4) is 0 Å². The third kappa shape index (κ3) is 5.10. The summed E-state index contributed by atoms with van der Waals surface area (Å²) < 4.78 is 31.2. The molecule has 20 heavy (non-hydrogen) atoms. The molecule has 1 rings (SSSR count). The van der Waals surface area contributed by atoms with Gasteiger partial charge in [-0.05, 0) is 25.1 Å². The maximum atomic E-state index is 13.5. The molecule has 0 atom stereocenters. The van der Waals surface area contributed by atoms with Gasteiger partial charge in [-0.3, -0.25) is 0 Å². The minimum absolute atomic E-state index is 0.0634. The monoisotopic (exact) mass is 287 g/mol. The van der Waals surface area contributed by atoms with Crippen molar-refractivity contribution in [3.05, 3.63) is 29.8 Å². The lowest BCUT2D eigenvalue weighted by Crippen LogP contribution is -2.38. The van der Waals surface area contributed by atoms with Gasteiger partial charge in [0, 0.05) is 26.3 Å². The number of urea groups is 1. The number of nitrogens with zero attached hydrogens (tertiary/aromatic N) is 1. The Hall–Kier alpha value is -1.73. The normalized spacial score (nSPS) is 10.4. The summed E-state index contributed by atoms with van der Waals surface area (Å²) in [5, 5.41) is 2.40. The highest BCUT2D eigenvalue weighted by Crippen LogP contribution is 2.15. The molecule has 0 aliphatic heterocycles. The lowest BCUT2D eigenvalue weighted by atomic mass is 10.3. The number of hydrogen-bond acceptors (Lipinski definition) is 3. The summed E-state index contributed by atoms with van der Waals surface area (Å²) in [6.07, 6.45) is 0.628. The predicted octanol–water partition coefficient (Wildman–Crippen LogP) is 1.79. The van der Waals surface area contributed by atoms with Gasteiger partial charge in [-0.15, -0.1) is 0 Å². The van der Waals surface area contributed by atoms with Gasteiger partial charge in [-0.25, -0.2) is 13.6 Å². The molecule has 2 amide bonds. The number of ether oxygens (including phenoxy) is 1. The van der Waals surface area contributed by atoms with Gasteiger partial charge < -0.3 is 20.7 Å². The molecule has 112 valence electrons. The second-order valence-electron chi connectivity index (χ2n) is 4.18. The molecule has 0 heterocycles. The molecule has 0 spiro atoms. The highest BCUT2D eigenvalue weighted by atomic mass is 19.1. The number of anilines is 1. The van der Waals surface area contributed by atoms with E-state index in [4.69, 9.17) is 10.5 Å². The van der Waals surface area contributed by atoms with Gasteiger partial charge in [0.05, 0.1) is 12.3 Å². The molecule has 0 aliphatic rings. The number of methoxy groups -OCH3 is 1. The molecule has 0 fully saturated rings. The number of carbonyl (C=O) groups excluding carboxylic acids is 1. The Morgan fingerprint density at radius 3 is 2.75 bits per heavy atom. The molecule has 0 saturated carbocycles. The summed E-state index contributed by atoms with van der Waals surface area (Å²) in [5.41, 5.74) is 5.34. The van der Waals surface area contributed by atoms with Crippen LogP contribution in [0.1, 0.15) is 6.42 Å². The molecule has 0 bridgehead atoms. The van der Waals surface area contributed by atoms with Crippen LogP contribution in [0.25, 0.3) is 0 Å². The predicted molar refractivity (Wildman–Crippen MR) is 72.5 cm³/mol. The molecule has 7 heteroatoms. The molecule has 0 unspecified atom stereocenters. The summed E-state index contributed by atoms with van der Waals surface area (Å²) in [7, 11) is 1.53. The van der Waals surface area contributed by atoms with Crippen molar-refractivity contribution in [1.82, 2.24) is 4.90 Å². The molecule has 0 saturated heterocycles. The molecular formula is C13H19F2N3O2. The maximum absolute atomic E-state index is 13.5. The Balaban J connectivity index is 2.68. The maximum Gasteiger partial charge on any atom is 0.322 e. The van der Waals surface area contributed by atoms with Gasteiger partial charge in [0.25, 0.3) is 0 Å². The van der Waals surface area contributed by atoms with E-state index in [0.29, 0.717) is 32.7 Å². The van der Waals surface area contributed by atoms with E-state index in [-0.39, 0.29) is 5.69 Å². The first kappa shape index (κ1) is 16.3. The molecule has 0 aromatic heterocycles. The van der Waals surface area contributed by atoms with E-state index in [0.717, 1.165) is 12.1 Å². The van der Waals surface area contributed by atoms with Crippen molar-refractivity contribution in [2.75, 3.05) is 38.7 Å². The number of amides is 2. The van der Waals surface area contributed by atoms with E-state index < -0.39 is 17.7 Å². The summed E-state index contributed by atoms with van der Waals surface area (Å²) in [6.45, 7) is 1.62. The van der Waals surface area contributed by atoms with Crippen molar-refractivity contribution in [3.63, 3.8) is 0 Å². The van der Waals surface area contributed by atoms with E-state index >= 15 is 0 Å². The zero-order valence-corrected chi connectivity index (χ0v) is 11.4. The van der Waals surface area contributed by atoms with Crippen molar-refractivity contribution in [2.24, 2.45) is 5.73 Å². The molecule has 1 aromatic carbocycles. The minimum atomic E-state index is -0.816. The number of halogens is 2. The molecule has 0 radical (unpaired) electrons. The Kier molecular flexibility index (Phi) is 6.89. The first-order chi connectivity index (χ1) is 9.58. The average Bonchev–Trinajstić information content (AvgIpc) is 2.42. The fourth-order valence-corrected chi connectivity index (χ4v) is 1.58. The first-order valence-electron chi connectivity index (χ1n) is 6.28. The SMILES string of the molecule is COCCN(CCCN)C(=O)Nc1ccc(F)cc1F. The zero-order chi connectivity index (χ0) is 15.0. The number of nitrogens with two attached hydrogens (primary N) is 1. The largest absolute Gasteiger partial charge is 0.383 e. The van der Waals surface area contributed by atoms with Gasteiger partial charge in [0.2, 0.25) is 0 Å². The quantitative estimate of drug-likeness (QED) is 0.803. The van der Waals surface area contributed by atoms with Crippen LogP contribution in [0, 0.1) is 11.6 Å². The van der Waals surface area contributed by atoms with Crippen LogP contribution in [0.5, 0.6) is 0 Å². The van der Waals surface area contributed by atoms with E-state index in [9.17, 15) is 13.6 Å². The van der Waals surface area contributed by atoms with Gasteiger partial charge in [-0.1, -0.05) is 0 Å². The Bertz CT molecular complexity index is 436. The van der Waals surface area contributed by atoms with Crippen LogP contribution in [-0.4, -0.2) is 44.3 Å².